The largest absolute Gasteiger partial charge is 0.484 e. The molecule has 1 heterocycles. The zero-order chi connectivity index (χ0) is 20.5. The van der Waals surface area contributed by atoms with Gasteiger partial charge in [-0.25, -0.2) is 4.39 Å². The second-order valence-corrected chi connectivity index (χ2v) is 10.0. The van der Waals surface area contributed by atoms with Crippen LogP contribution >= 0.6 is 23.4 Å². The molecule has 4 aliphatic rings. The molecule has 0 radical (unpaired) electrons. The lowest BCUT2D eigenvalue weighted by Crippen LogP contribution is -2.60. The van der Waals surface area contributed by atoms with Gasteiger partial charge in [0, 0.05) is 24.7 Å². The van der Waals surface area contributed by atoms with Crippen LogP contribution in [0.25, 0.3) is 0 Å². The Bertz CT molecular complexity index is 792. The molecule has 2 bridgehead atoms. The van der Waals surface area contributed by atoms with Crippen LogP contribution in [-0.2, 0) is 9.59 Å². The molecule has 3 saturated carbocycles. The molecule has 9 heteroatoms. The average Bonchev–Trinajstić information content (AvgIpc) is 3.08. The maximum absolute atomic E-state index is 13.5. The quantitative estimate of drug-likeness (QED) is 0.631. The third-order valence-corrected chi connectivity index (χ3v) is 7.63. The number of carbonyl (C=O) groups is 2. The molecule has 158 valence electrons. The van der Waals surface area contributed by atoms with E-state index in [1.165, 1.54) is 12.1 Å². The van der Waals surface area contributed by atoms with Crippen molar-refractivity contribution < 1.29 is 18.7 Å². The Morgan fingerprint density at radius 3 is 2.62 bits per heavy atom. The normalized spacial score (nSPS) is 32.9. The molecule has 4 atom stereocenters. The first-order chi connectivity index (χ1) is 13.9. The summed E-state index contributed by atoms with van der Waals surface area (Å²) in [4.78, 5) is 24.9. The van der Waals surface area contributed by atoms with Gasteiger partial charge in [-0.05, 0) is 50.2 Å². The number of halogens is 2. The minimum Gasteiger partial charge on any atom is -0.484 e. The van der Waals surface area contributed by atoms with Gasteiger partial charge in [-0.15, -0.1) is 11.8 Å². The van der Waals surface area contributed by atoms with Gasteiger partial charge in [0.05, 0.1) is 15.6 Å². The average molecular weight is 442 g/mol. The van der Waals surface area contributed by atoms with Crippen LogP contribution in [0.2, 0.25) is 5.02 Å². The van der Waals surface area contributed by atoms with Gasteiger partial charge >= 0.3 is 0 Å². The molecule has 0 aromatic heterocycles. The van der Waals surface area contributed by atoms with Crippen molar-refractivity contribution in [1.29, 1.82) is 0 Å². The first-order valence-corrected chi connectivity index (χ1v) is 11.3. The Hall–Kier alpha value is -1.51. The van der Waals surface area contributed by atoms with Gasteiger partial charge in [0.2, 0.25) is 5.91 Å². The van der Waals surface area contributed by atoms with Crippen LogP contribution in [0.3, 0.4) is 0 Å². The first-order valence-electron chi connectivity index (χ1n) is 9.95. The number of hydrogen-bond donors (Lipinski definition) is 3. The summed E-state index contributed by atoms with van der Waals surface area (Å²) in [6.45, 7) is 2.56. The zero-order valence-corrected chi connectivity index (χ0v) is 17.7. The fraction of sp³-hybridized carbons (Fsp3) is 0.600. The van der Waals surface area contributed by atoms with Crippen LogP contribution in [0.5, 0.6) is 5.75 Å². The van der Waals surface area contributed by atoms with Crippen LogP contribution in [0.15, 0.2) is 18.2 Å². The number of thioether (sulfide) groups is 1. The number of hydrogen-bond acceptors (Lipinski definition) is 5. The third-order valence-electron chi connectivity index (χ3n) is 6.04. The SMILES string of the molecule is CC1NCC(C(=O)NC2CC(NC(=O)COc3ccc(Cl)c(F)c3)C3CC2C3)S1. The number of carbonyl (C=O) groups excluding carboxylic acids is 2. The molecule has 1 aromatic carbocycles. The molecule has 3 aliphatic carbocycles. The maximum Gasteiger partial charge on any atom is 0.258 e. The summed E-state index contributed by atoms with van der Waals surface area (Å²) >= 11 is 7.30. The van der Waals surface area contributed by atoms with Crippen molar-refractivity contribution in [2.75, 3.05) is 13.2 Å². The summed E-state index contributed by atoms with van der Waals surface area (Å²) in [7, 11) is 0. The summed E-state index contributed by atoms with van der Waals surface area (Å²) in [6.07, 6.45) is 2.78. The van der Waals surface area contributed by atoms with Crippen molar-refractivity contribution in [3.05, 3.63) is 29.0 Å². The van der Waals surface area contributed by atoms with E-state index in [0.29, 0.717) is 23.8 Å². The van der Waals surface area contributed by atoms with E-state index in [1.54, 1.807) is 11.8 Å². The predicted octanol–water partition coefficient (Wildman–Crippen LogP) is 2.31. The summed E-state index contributed by atoms with van der Waals surface area (Å²) in [5, 5.41) is 9.77. The molecule has 4 unspecified atom stereocenters. The zero-order valence-electron chi connectivity index (χ0n) is 16.1. The van der Waals surface area contributed by atoms with Crippen molar-refractivity contribution in [2.45, 2.75) is 48.9 Å². The number of nitrogens with one attached hydrogen (secondary N) is 3. The van der Waals surface area contributed by atoms with E-state index in [9.17, 15) is 14.0 Å². The van der Waals surface area contributed by atoms with Crippen molar-refractivity contribution in [1.82, 2.24) is 16.0 Å². The topological polar surface area (TPSA) is 79.5 Å². The van der Waals surface area contributed by atoms with Crippen LogP contribution in [0.1, 0.15) is 26.2 Å². The fourth-order valence-corrected chi connectivity index (χ4v) is 5.57. The van der Waals surface area contributed by atoms with Crippen molar-refractivity contribution >= 4 is 35.2 Å². The molecule has 4 fully saturated rings. The van der Waals surface area contributed by atoms with Crippen molar-refractivity contribution in [3.63, 3.8) is 0 Å². The Morgan fingerprint density at radius 2 is 1.97 bits per heavy atom. The van der Waals surface area contributed by atoms with Gasteiger partial charge in [0.15, 0.2) is 6.61 Å². The molecular formula is C20H25ClFN3O3S. The number of ether oxygens (including phenoxy) is 1. The first kappa shape index (κ1) is 20.8. The summed E-state index contributed by atoms with van der Waals surface area (Å²) in [5.41, 5.74) is 0. The van der Waals surface area contributed by atoms with Gasteiger partial charge in [-0.2, -0.15) is 0 Å². The highest BCUT2D eigenvalue weighted by atomic mass is 35.5. The molecule has 1 saturated heterocycles. The highest BCUT2D eigenvalue weighted by molar-refractivity contribution is 8.01. The number of amides is 2. The fourth-order valence-electron chi connectivity index (χ4n) is 4.39. The summed E-state index contributed by atoms with van der Waals surface area (Å²) in [5.74, 6) is 0.470. The molecule has 29 heavy (non-hydrogen) atoms. The van der Waals surface area contributed by atoms with E-state index in [-0.39, 0.29) is 46.5 Å². The van der Waals surface area contributed by atoms with E-state index < -0.39 is 5.82 Å². The summed E-state index contributed by atoms with van der Waals surface area (Å²) < 4.78 is 18.8. The van der Waals surface area contributed by atoms with Crippen LogP contribution in [-0.4, -0.2) is 47.7 Å². The van der Waals surface area contributed by atoms with E-state index in [4.69, 9.17) is 16.3 Å². The van der Waals surface area contributed by atoms with E-state index in [0.717, 1.165) is 25.3 Å². The molecule has 1 aliphatic heterocycles. The van der Waals surface area contributed by atoms with Crippen molar-refractivity contribution in [3.8, 4) is 5.75 Å². The Kier molecular flexibility index (Phi) is 6.22. The second-order valence-electron chi connectivity index (χ2n) is 8.06. The molecule has 1 aromatic rings. The highest BCUT2D eigenvalue weighted by Crippen LogP contribution is 2.46. The molecule has 0 spiro atoms. The predicted molar refractivity (Wildman–Crippen MR) is 110 cm³/mol. The van der Waals surface area contributed by atoms with Crippen LogP contribution in [0.4, 0.5) is 4.39 Å². The smallest absolute Gasteiger partial charge is 0.258 e. The van der Waals surface area contributed by atoms with Gasteiger partial charge < -0.3 is 20.7 Å². The van der Waals surface area contributed by atoms with E-state index >= 15 is 0 Å². The lowest BCUT2D eigenvalue weighted by Gasteiger charge is -2.51. The number of fused-ring (bicyclic) bond motifs is 2. The Morgan fingerprint density at radius 1 is 1.24 bits per heavy atom. The molecule has 6 nitrogen and oxygen atoms in total. The van der Waals surface area contributed by atoms with Crippen LogP contribution in [0, 0.1) is 17.7 Å². The second kappa shape index (κ2) is 8.70. The van der Waals surface area contributed by atoms with E-state index in [1.807, 2.05) is 0 Å². The Labute approximate surface area is 178 Å². The maximum atomic E-state index is 13.5. The van der Waals surface area contributed by atoms with E-state index in [2.05, 4.69) is 22.9 Å². The number of benzene rings is 1. The third kappa shape index (κ3) is 4.81. The minimum atomic E-state index is -0.582. The van der Waals surface area contributed by atoms with Gasteiger partial charge in [-0.3, -0.25) is 9.59 Å². The van der Waals surface area contributed by atoms with Crippen molar-refractivity contribution in [2.24, 2.45) is 11.8 Å². The van der Waals surface area contributed by atoms with Gasteiger partial charge in [0.1, 0.15) is 11.6 Å². The van der Waals surface area contributed by atoms with Gasteiger partial charge in [-0.1, -0.05) is 11.6 Å². The molecule has 3 N–H and O–H groups in total. The molecular weight excluding hydrogens is 417 g/mol. The minimum absolute atomic E-state index is 0.0119. The lowest BCUT2D eigenvalue weighted by atomic mass is 9.60. The highest BCUT2D eigenvalue weighted by Gasteiger charge is 2.47. The van der Waals surface area contributed by atoms with Gasteiger partial charge in [0.25, 0.3) is 5.91 Å². The lowest BCUT2D eigenvalue weighted by molar-refractivity contribution is -0.126. The molecule has 5 rings (SSSR count). The number of rotatable bonds is 6. The Balaban J connectivity index is 1.26. The monoisotopic (exact) mass is 441 g/mol. The summed E-state index contributed by atoms with van der Waals surface area (Å²) in [6, 6.07) is 4.20. The van der Waals surface area contributed by atoms with Crippen LogP contribution < -0.4 is 20.7 Å². The standard InChI is InChI=1S/C20H25ClFN3O3S/c1-10-23-8-18(29-10)20(27)25-17-7-16(11-4-12(17)5-11)24-19(26)9-28-13-2-3-14(21)15(22)6-13/h2-3,6,10-12,16-18,23H,4-5,7-9H2,1H3,(H,24,26)(H,25,27). The molecule has 2 amide bonds.